The number of hydrogen-bond donors (Lipinski definition) is 2. The summed E-state index contributed by atoms with van der Waals surface area (Å²) in [6, 6.07) is 7.23. The maximum Gasteiger partial charge on any atom is 0.332 e. The normalized spacial score (nSPS) is 18.4. The number of hydrogen-bond acceptors (Lipinski definition) is 3. The zero-order valence-electron chi connectivity index (χ0n) is 10.5. The van der Waals surface area contributed by atoms with E-state index in [0.717, 1.165) is 22.0 Å². The first kappa shape index (κ1) is 11.5. The number of para-hydroxylation sites is 1. The molecule has 0 bridgehead atoms. The molecule has 0 fully saturated rings. The summed E-state index contributed by atoms with van der Waals surface area (Å²) in [4.78, 5) is 2.85. The molecule has 7 heteroatoms. The first-order valence-electron chi connectivity index (χ1n) is 6.27. The van der Waals surface area contributed by atoms with Gasteiger partial charge in [-0.1, -0.05) is 12.1 Å². The second-order valence-electron chi connectivity index (χ2n) is 4.83. The second kappa shape index (κ2) is 3.63. The van der Waals surface area contributed by atoms with Crippen LogP contribution in [0.1, 0.15) is 11.1 Å². The molecule has 2 N–H and O–H groups in total. The molecule has 1 aromatic heterocycles. The van der Waals surface area contributed by atoms with Crippen LogP contribution < -0.4 is 8.61 Å². The van der Waals surface area contributed by atoms with E-state index in [9.17, 15) is 8.42 Å². The Balaban J connectivity index is 1.94. The van der Waals surface area contributed by atoms with Crippen LogP contribution in [0.25, 0.3) is 0 Å². The molecular weight excluding hydrogens is 276 g/mol. The number of amidine groups is 1. The Morgan fingerprint density at radius 2 is 2.15 bits per heavy atom. The van der Waals surface area contributed by atoms with Gasteiger partial charge in [0, 0.05) is 24.5 Å². The highest BCUT2D eigenvalue weighted by Gasteiger charge is 2.46. The molecule has 2 aliphatic heterocycles. The maximum atomic E-state index is 12.7. The smallest absolute Gasteiger partial charge is 0.332 e. The van der Waals surface area contributed by atoms with Crippen molar-refractivity contribution in [2.24, 2.45) is 0 Å². The molecule has 4 rings (SSSR count). The van der Waals surface area contributed by atoms with Gasteiger partial charge in [-0.25, -0.2) is 4.31 Å². The molecule has 2 aromatic rings. The zero-order valence-corrected chi connectivity index (χ0v) is 11.3. The maximum absolute atomic E-state index is 12.7. The van der Waals surface area contributed by atoms with Gasteiger partial charge in [-0.05, 0) is 24.1 Å². The lowest BCUT2D eigenvalue weighted by molar-refractivity contribution is 0.595. The van der Waals surface area contributed by atoms with Crippen LogP contribution in [-0.4, -0.2) is 25.8 Å². The lowest BCUT2D eigenvalue weighted by Gasteiger charge is -2.20. The van der Waals surface area contributed by atoms with Crippen LogP contribution in [0.4, 0.5) is 11.4 Å². The summed E-state index contributed by atoms with van der Waals surface area (Å²) >= 11 is 0. The fraction of sp³-hybridized carbons (Fsp3) is 0.154. The summed E-state index contributed by atoms with van der Waals surface area (Å²) < 4.78 is 27.8. The van der Waals surface area contributed by atoms with Crippen LogP contribution in [0.5, 0.6) is 0 Å². The van der Waals surface area contributed by atoms with E-state index < -0.39 is 10.2 Å². The highest BCUT2D eigenvalue weighted by Crippen LogP contribution is 2.47. The molecule has 0 atom stereocenters. The minimum Gasteiger partial charge on any atom is -0.367 e. The van der Waals surface area contributed by atoms with E-state index in [2.05, 4.69) is 4.98 Å². The van der Waals surface area contributed by atoms with Gasteiger partial charge in [0.25, 0.3) is 0 Å². The molecule has 2 aliphatic rings. The quantitative estimate of drug-likeness (QED) is 0.615. The van der Waals surface area contributed by atoms with Gasteiger partial charge in [0.05, 0.1) is 11.4 Å². The van der Waals surface area contributed by atoms with E-state index >= 15 is 0 Å². The van der Waals surface area contributed by atoms with Gasteiger partial charge in [-0.3, -0.25) is 9.71 Å². The van der Waals surface area contributed by atoms with Gasteiger partial charge in [-0.15, -0.1) is 0 Å². The van der Waals surface area contributed by atoms with Crippen molar-refractivity contribution in [3.05, 3.63) is 47.8 Å². The third-order valence-corrected chi connectivity index (χ3v) is 5.50. The number of benzene rings is 1. The van der Waals surface area contributed by atoms with Crippen molar-refractivity contribution in [3.8, 4) is 0 Å². The van der Waals surface area contributed by atoms with Gasteiger partial charge in [0.15, 0.2) is 0 Å². The lowest BCUT2D eigenvalue weighted by Crippen LogP contribution is -2.41. The zero-order chi connectivity index (χ0) is 13.9. The molecule has 0 aliphatic carbocycles. The molecule has 0 saturated carbocycles. The van der Waals surface area contributed by atoms with Crippen LogP contribution in [0.15, 0.2) is 36.7 Å². The van der Waals surface area contributed by atoms with Crippen LogP contribution >= 0.6 is 0 Å². The van der Waals surface area contributed by atoms with E-state index in [1.54, 1.807) is 24.5 Å². The Morgan fingerprint density at radius 3 is 2.90 bits per heavy atom. The summed E-state index contributed by atoms with van der Waals surface area (Å²) in [6.07, 6.45) is 4.02. The fourth-order valence-electron chi connectivity index (χ4n) is 2.84. The Labute approximate surface area is 116 Å². The Kier molecular flexibility index (Phi) is 2.10. The molecule has 0 spiro atoms. The van der Waals surface area contributed by atoms with Crippen molar-refractivity contribution in [3.63, 3.8) is 0 Å². The van der Waals surface area contributed by atoms with Crippen LogP contribution in [0, 0.1) is 5.41 Å². The minimum atomic E-state index is -3.68. The summed E-state index contributed by atoms with van der Waals surface area (Å²) in [6.45, 7) is 0.450. The van der Waals surface area contributed by atoms with Crippen molar-refractivity contribution in [2.45, 2.75) is 6.42 Å². The monoisotopic (exact) mass is 288 g/mol. The summed E-state index contributed by atoms with van der Waals surface area (Å²) in [5, 5.41) is 8.21. The molecular formula is C13H12N4O2S. The average molecular weight is 288 g/mol. The highest BCUT2D eigenvalue weighted by atomic mass is 32.2. The average Bonchev–Trinajstić information content (AvgIpc) is 3.12. The highest BCUT2D eigenvalue weighted by molar-refractivity contribution is 7.95. The third-order valence-electron chi connectivity index (χ3n) is 3.73. The summed E-state index contributed by atoms with van der Waals surface area (Å²) in [7, 11) is -3.68. The van der Waals surface area contributed by atoms with Gasteiger partial charge in [0.1, 0.15) is 5.84 Å². The van der Waals surface area contributed by atoms with Crippen LogP contribution in [0.3, 0.4) is 0 Å². The number of aromatic amines is 1. The molecule has 0 unspecified atom stereocenters. The topological polar surface area (TPSA) is 80.3 Å². The molecule has 20 heavy (non-hydrogen) atoms. The standard InChI is InChI=1S/C13H12N4O2S/c14-13(10-4-6-15-8-10)17-11-3-1-2-9-5-7-16(12(9)11)20(17,18)19/h1-4,6,8,14-15H,5,7H2. The Hall–Kier alpha value is -2.28. The largest absolute Gasteiger partial charge is 0.367 e. The van der Waals surface area contributed by atoms with Crippen LogP contribution in [-0.2, 0) is 16.6 Å². The molecule has 0 saturated heterocycles. The number of aromatic nitrogens is 1. The van der Waals surface area contributed by atoms with Crippen LogP contribution in [0.2, 0.25) is 0 Å². The SMILES string of the molecule is N=C(c1cc[nH]c1)N1c2cccc3c2N(CC3)S1(=O)=O. The van der Waals surface area contributed by atoms with E-state index in [4.69, 9.17) is 5.41 Å². The number of nitrogens with one attached hydrogen (secondary N) is 2. The van der Waals surface area contributed by atoms with Gasteiger partial charge < -0.3 is 4.98 Å². The molecule has 6 nitrogen and oxygen atoms in total. The van der Waals surface area contributed by atoms with Crippen molar-refractivity contribution in [1.29, 1.82) is 5.41 Å². The number of anilines is 2. The van der Waals surface area contributed by atoms with Gasteiger partial charge >= 0.3 is 10.2 Å². The third kappa shape index (κ3) is 1.27. The summed E-state index contributed by atoms with van der Waals surface area (Å²) in [5.74, 6) is -0.0333. The van der Waals surface area contributed by atoms with Crippen molar-refractivity contribution in [1.82, 2.24) is 4.98 Å². The molecule has 3 heterocycles. The van der Waals surface area contributed by atoms with Crippen molar-refractivity contribution < 1.29 is 8.42 Å². The summed E-state index contributed by atoms with van der Waals surface area (Å²) in [5.41, 5.74) is 2.88. The first-order valence-corrected chi connectivity index (χ1v) is 7.67. The Bertz CT molecular complexity index is 811. The lowest BCUT2D eigenvalue weighted by atomic mass is 10.1. The fourth-order valence-corrected chi connectivity index (χ4v) is 4.54. The predicted octanol–water partition coefficient (Wildman–Crippen LogP) is 1.47. The second-order valence-corrected chi connectivity index (χ2v) is 6.53. The Morgan fingerprint density at radius 1 is 1.30 bits per heavy atom. The predicted molar refractivity (Wildman–Crippen MR) is 76.5 cm³/mol. The van der Waals surface area contributed by atoms with E-state index in [-0.39, 0.29) is 5.84 Å². The van der Waals surface area contributed by atoms with Crippen molar-refractivity contribution >= 4 is 27.4 Å². The van der Waals surface area contributed by atoms with E-state index in [0.29, 0.717) is 17.8 Å². The van der Waals surface area contributed by atoms with Crippen molar-refractivity contribution in [2.75, 3.05) is 15.2 Å². The van der Waals surface area contributed by atoms with Gasteiger partial charge in [-0.2, -0.15) is 8.42 Å². The molecule has 1 aromatic carbocycles. The number of nitrogens with zero attached hydrogens (tertiary/aromatic N) is 2. The van der Waals surface area contributed by atoms with Gasteiger partial charge in [0.2, 0.25) is 0 Å². The molecule has 102 valence electrons. The number of rotatable bonds is 1. The minimum absolute atomic E-state index is 0.0333. The van der Waals surface area contributed by atoms with E-state index in [1.807, 2.05) is 12.1 Å². The molecule has 0 radical (unpaired) electrons. The molecule has 0 amide bonds. The number of H-pyrrole nitrogens is 1. The first-order chi connectivity index (χ1) is 9.60. The van der Waals surface area contributed by atoms with E-state index in [1.165, 1.54) is 4.31 Å².